The highest BCUT2D eigenvalue weighted by molar-refractivity contribution is 5.87. The van der Waals surface area contributed by atoms with E-state index >= 15 is 0 Å². The molecule has 1 rings (SSSR count). The molecule has 0 heterocycles. The zero-order chi connectivity index (χ0) is 11.6. The van der Waals surface area contributed by atoms with Crippen molar-refractivity contribution in [1.29, 1.82) is 0 Å². The number of alkyl halides is 2. The molecule has 0 unspecified atom stereocenters. The van der Waals surface area contributed by atoms with Gasteiger partial charge in [-0.3, -0.25) is 8.78 Å². The molecule has 0 spiro atoms. The van der Waals surface area contributed by atoms with Gasteiger partial charge in [0.05, 0.1) is 19.9 Å². The molecule has 2 nitrogen and oxygen atoms in total. The highest BCUT2D eigenvalue weighted by Gasteiger charge is 1.98. The molecule has 0 atom stereocenters. The van der Waals surface area contributed by atoms with Crippen LogP contribution < -0.4 is 0 Å². The standard InChI is InChI=1S/C8H8O2.2CH3F/c1-6-2-4-7(5-3-6)8(9)10;2*1-2/h2-5H,1H3,(H,9,10);2*1H3. The van der Waals surface area contributed by atoms with Crippen LogP contribution in [0.3, 0.4) is 0 Å². The van der Waals surface area contributed by atoms with Crippen molar-refractivity contribution >= 4 is 5.97 Å². The quantitative estimate of drug-likeness (QED) is 0.763. The monoisotopic (exact) mass is 204 g/mol. The summed E-state index contributed by atoms with van der Waals surface area (Å²) in [7, 11) is 1.00. The van der Waals surface area contributed by atoms with Crippen molar-refractivity contribution in [3.63, 3.8) is 0 Å². The van der Waals surface area contributed by atoms with Crippen LogP contribution in [0.5, 0.6) is 0 Å². The summed E-state index contributed by atoms with van der Waals surface area (Å²) in [5.41, 5.74) is 1.41. The van der Waals surface area contributed by atoms with Crippen LogP contribution in [0, 0.1) is 6.92 Å². The maximum atomic E-state index is 10.3. The summed E-state index contributed by atoms with van der Waals surface area (Å²) in [6.45, 7) is 1.92. The molecule has 0 saturated carbocycles. The average Bonchev–Trinajstić information content (AvgIpc) is 2.24. The van der Waals surface area contributed by atoms with Crippen LogP contribution in [-0.4, -0.2) is 25.4 Å². The van der Waals surface area contributed by atoms with Gasteiger partial charge in [-0.15, -0.1) is 0 Å². The Labute approximate surface area is 82.2 Å². The largest absolute Gasteiger partial charge is 0.478 e. The minimum Gasteiger partial charge on any atom is -0.478 e. The van der Waals surface area contributed by atoms with Gasteiger partial charge in [0.15, 0.2) is 0 Å². The van der Waals surface area contributed by atoms with E-state index in [1.54, 1.807) is 24.3 Å². The Morgan fingerprint density at radius 2 is 1.43 bits per heavy atom. The van der Waals surface area contributed by atoms with Gasteiger partial charge in [-0.05, 0) is 19.1 Å². The molecule has 0 amide bonds. The van der Waals surface area contributed by atoms with Gasteiger partial charge in [0.2, 0.25) is 0 Å². The fourth-order valence-electron chi connectivity index (χ4n) is 0.696. The molecule has 0 aliphatic carbocycles. The van der Waals surface area contributed by atoms with Gasteiger partial charge in [0, 0.05) is 0 Å². The second-order valence-corrected chi connectivity index (χ2v) is 2.17. The van der Waals surface area contributed by atoms with Crippen molar-refractivity contribution < 1.29 is 18.7 Å². The Morgan fingerprint density at radius 3 is 1.71 bits per heavy atom. The molecular formula is C10H14F2O2. The van der Waals surface area contributed by atoms with Gasteiger partial charge < -0.3 is 5.11 Å². The van der Waals surface area contributed by atoms with E-state index in [1.807, 2.05) is 6.92 Å². The summed E-state index contributed by atoms with van der Waals surface area (Å²) in [6, 6.07) is 6.75. The number of hydrogen-bond acceptors (Lipinski definition) is 1. The van der Waals surface area contributed by atoms with Gasteiger partial charge in [-0.2, -0.15) is 0 Å². The third kappa shape index (κ3) is 6.11. The van der Waals surface area contributed by atoms with E-state index in [1.165, 1.54) is 0 Å². The Kier molecular flexibility index (Phi) is 10.4. The highest BCUT2D eigenvalue weighted by atomic mass is 19.1. The molecule has 1 N–H and O–H groups in total. The SMILES string of the molecule is CF.CF.Cc1ccc(C(=O)O)cc1. The first-order valence-electron chi connectivity index (χ1n) is 3.76. The molecule has 0 radical (unpaired) electrons. The van der Waals surface area contributed by atoms with Crippen LogP contribution in [0.15, 0.2) is 24.3 Å². The number of carboxylic acids is 1. The van der Waals surface area contributed by atoms with Gasteiger partial charge in [0.1, 0.15) is 0 Å². The van der Waals surface area contributed by atoms with Crippen molar-refractivity contribution in [2.24, 2.45) is 0 Å². The number of rotatable bonds is 1. The van der Waals surface area contributed by atoms with E-state index in [0.717, 1.165) is 5.56 Å². The second kappa shape index (κ2) is 9.64. The number of benzene rings is 1. The van der Waals surface area contributed by atoms with Gasteiger partial charge in [-0.1, -0.05) is 17.7 Å². The molecule has 0 saturated heterocycles. The van der Waals surface area contributed by atoms with Gasteiger partial charge in [-0.25, -0.2) is 4.79 Å². The van der Waals surface area contributed by atoms with Crippen LogP contribution in [0.2, 0.25) is 0 Å². The molecule has 0 aliphatic rings. The number of aromatic carboxylic acids is 1. The van der Waals surface area contributed by atoms with Gasteiger partial charge >= 0.3 is 5.97 Å². The Balaban J connectivity index is 0. The minimum absolute atomic E-state index is 0.339. The summed E-state index contributed by atoms with van der Waals surface area (Å²) >= 11 is 0. The van der Waals surface area contributed by atoms with Crippen molar-refractivity contribution in [3.05, 3.63) is 35.4 Å². The normalized spacial score (nSPS) is 7.50. The van der Waals surface area contributed by atoms with Gasteiger partial charge in [0.25, 0.3) is 0 Å². The number of halogens is 2. The summed E-state index contributed by atoms with van der Waals surface area (Å²) in [5.74, 6) is -0.875. The maximum Gasteiger partial charge on any atom is 0.335 e. The highest BCUT2D eigenvalue weighted by Crippen LogP contribution is 2.01. The number of aryl methyl sites for hydroxylation is 1. The molecule has 0 bridgehead atoms. The van der Waals surface area contributed by atoms with E-state index in [9.17, 15) is 13.6 Å². The van der Waals surface area contributed by atoms with E-state index in [-0.39, 0.29) is 0 Å². The lowest BCUT2D eigenvalue weighted by atomic mass is 10.2. The molecular weight excluding hydrogens is 190 g/mol. The maximum absolute atomic E-state index is 10.3. The van der Waals surface area contributed by atoms with Crippen LogP contribution in [-0.2, 0) is 0 Å². The zero-order valence-electron chi connectivity index (χ0n) is 8.42. The topological polar surface area (TPSA) is 37.3 Å². The van der Waals surface area contributed by atoms with E-state index in [4.69, 9.17) is 5.11 Å². The van der Waals surface area contributed by atoms with Crippen LogP contribution >= 0.6 is 0 Å². The predicted octanol–water partition coefficient (Wildman–Crippen LogP) is 2.86. The Hall–Kier alpha value is -1.45. The van der Waals surface area contributed by atoms with E-state index in [2.05, 4.69) is 0 Å². The first-order chi connectivity index (χ1) is 6.70. The smallest absolute Gasteiger partial charge is 0.335 e. The predicted molar refractivity (Wildman–Crippen MR) is 52.2 cm³/mol. The fraction of sp³-hybridized carbons (Fsp3) is 0.300. The molecule has 80 valence electrons. The van der Waals surface area contributed by atoms with E-state index in [0.29, 0.717) is 19.9 Å². The minimum atomic E-state index is -0.875. The van der Waals surface area contributed by atoms with Crippen molar-refractivity contribution in [2.75, 3.05) is 14.4 Å². The summed E-state index contributed by atoms with van der Waals surface area (Å²) in [5, 5.41) is 8.48. The molecule has 4 heteroatoms. The van der Waals surface area contributed by atoms with Crippen molar-refractivity contribution in [2.45, 2.75) is 6.92 Å². The lowest BCUT2D eigenvalue weighted by Crippen LogP contribution is -1.94. The molecule has 1 aromatic carbocycles. The molecule has 0 aliphatic heterocycles. The number of hydrogen-bond donors (Lipinski definition) is 1. The molecule has 0 fully saturated rings. The molecule has 1 aromatic rings. The van der Waals surface area contributed by atoms with Crippen LogP contribution in [0.25, 0.3) is 0 Å². The Morgan fingerprint density at radius 1 is 1.07 bits per heavy atom. The third-order valence-electron chi connectivity index (χ3n) is 1.30. The zero-order valence-corrected chi connectivity index (χ0v) is 8.42. The van der Waals surface area contributed by atoms with Crippen LogP contribution in [0.1, 0.15) is 15.9 Å². The number of carbonyl (C=O) groups is 1. The lowest BCUT2D eigenvalue weighted by Gasteiger charge is -1.92. The first-order valence-corrected chi connectivity index (χ1v) is 3.76. The second-order valence-electron chi connectivity index (χ2n) is 2.17. The van der Waals surface area contributed by atoms with Crippen LogP contribution in [0.4, 0.5) is 8.78 Å². The number of carboxylic acid groups (broad SMARTS) is 1. The third-order valence-corrected chi connectivity index (χ3v) is 1.30. The fourth-order valence-corrected chi connectivity index (χ4v) is 0.696. The van der Waals surface area contributed by atoms with Crippen molar-refractivity contribution in [1.82, 2.24) is 0 Å². The first kappa shape index (κ1) is 15.0. The summed E-state index contributed by atoms with van der Waals surface area (Å²) < 4.78 is 19.0. The summed E-state index contributed by atoms with van der Waals surface area (Å²) in [4.78, 5) is 10.3. The molecule has 0 aromatic heterocycles. The molecule has 14 heavy (non-hydrogen) atoms. The lowest BCUT2D eigenvalue weighted by molar-refractivity contribution is 0.0697. The van der Waals surface area contributed by atoms with E-state index < -0.39 is 5.97 Å². The average molecular weight is 204 g/mol. The Bertz CT molecular complexity index is 245. The van der Waals surface area contributed by atoms with Crippen molar-refractivity contribution in [3.8, 4) is 0 Å². The summed E-state index contributed by atoms with van der Waals surface area (Å²) in [6.07, 6.45) is 0.